The third-order valence-corrected chi connectivity index (χ3v) is 5.93. The topological polar surface area (TPSA) is 140 Å². The van der Waals surface area contributed by atoms with Crippen LogP contribution in [0.25, 0.3) is 10.6 Å². The van der Waals surface area contributed by atoms with Crippen molar-refractivity contribution < 1.29 is 37.3 Å². The first-order valence-electron chi connectivity index (χ1n) is 12.0. The summed E-state index contributed by atoms with van der Waals surface area (Å²) in [6.45, 7) is 9.76. The maximum Gasteiger partial charge on any atom is 0.418 e. The molecule has 0 aliphatic carbocycles. The van der Waals surface area contributed by atoms with E-state index in [-0.39, 0.29) is 27.1 Å². The maximum absolute atomic E-state index is 13.5. The van der Waals surface area contributed by atoms with Crippen LogP contribution in [0.15, 0.2) is 42.5 Å². The number of nitrogens with zero attached hydrogens (tertiary/aromatic N) is 3. The molecule has 14 heteroatoms. The van der Waals surface area contributed by atoms with Crippen LogP contribution < -0.4 is 16.0 Å². The summed E-state index contributed by atoms with van der Waals surface area (Å²) in [6, 6.07) is 8.33. The van der Waals surface area contributed by atoms with Gasteiger partial charge in [-0.2, -0.15) is 13.2 Å². The van der Waals surface area contributed by atoms with E-state index in [1.807, 2.05) is 0 Å². The summed E-state index contributed by atoms with van der Waals surface area (Å²) in [4.78, 5) is 27.3. The fourth-order valence-electron chi connectivity index (χ4n) is 3.28. The molecule has 2 amide bonds. The van der Waals surface area contributed by atoms with Crippen LogP contribution in [0.4, 0.5) is 33.6 Å². The monoisotopic (exact) mass is 581 g/mol. The van der Waals surface area contributed by atoms with Crippen LogP contribution in [-0.2, 0) is 15.7 Å². The largest absolute Gasteiger partial charge is 0.506 e. The number of halogens is 3. The Morgan fingerprint density at radius 3 is 2.10 bits per heavy atom. The first kappa shape index (κ1) is 30.5. The summed E-state index contributed by atoms with van der Waals surface area (Å²) < 4.78 is 50.7. The predicted molar refractivity (Wildman–Crippen MR) is 144 cm³/mol. The molecule has 216 valence electrons. The summed E-state index contributed by atoms with van der Waals surface area (Å²) >= 11 is 0.912. The Balaban J connectivity index is 2.14. The Kier molecular flexibility index (Phi) is 8.53. The molecule has 0 fully saturated rings. The molecule has 3 rings (SSSR count). The fourth-order valence-corrected chi connectivity index (χ4v) is 4.14. The summed E-state index contributed by atoms with van der Waals surface area (Å²) in [5.74, 6) is -0.188. The van der Waals surface area contributed by atoms with Gasteiger partial charge in [0, 0.05) is 5.56 Å². The molecule has 40 heavy (non-hydrogen) atoms. The number of amides is 2. The van der Waals surface area contributed by atoms with E-state index in [9.17, 15) is 27.9 Å². The molecule has 0 bridgehead atoms. The Hall–Kier alpha value is -4.07. The van der Waals surface area contributed by atoms with Gasteiger partial charge in [-0.3, -0.25) is 5.32 Å². The molecule has 10 nitrogen and oxygen atoms in total. The van der Waals surface area contributed by atoms with Gasteiger partial charge in [-0.1, -0.05) is 23.5 Å². The Morgan fingerprint density at radius 1 is 0.975 bits per heavy atom. The Labute approximate surface area is 232 Å². The van der Waals surface area contributed by atoms with E-state index in [0.29, 0.717) is 5.56 Å². The number of nitrogens with one attached hydrogen (secondary N) is 1. The van der Waals surface area contributed by atoms with Crippen LogP contribution in [-0.4, -0.2) is 38.7 Å². The van der Waals surface area contributed by atoms with Crippen LogP contribution in [0.2, 0.25) is 0 Å². The molecule has 1 heterocycles. The van der Waals surface area contributed by atoms with Crippen molar-refractivity contribution in [2.24, 2.45) is 0 Å². The maximum atomic E-state index is 13.5. The van der Waals surface area contributed by atoms with E-state index in [4.69, 9.17) is 15.2 Å². The van der Waals surface area contributed by atoms with E-state index >= 15 is 0 Å². The SMILES string of the molecule is CC(C)(C)OC(=O)N[C@@H](c1ccc(C(F)(F)F)cc1)N(C(=O)OC(C)(C)C)c1nnc(-c2ccc(N)c(O)c2)s1. The first-order valence-corrected chi connectivity index (χ1v) is 12.8. The van der Waals surface area contributed by atoms with Gasteiger partial charge in [-0.15, -0.1) is 10.2 Å². The second kappa shape index (κ2) is 11.2. The van der Waals surface area contributed by atoms with Gasteiger partial charge in [0.05, 0.1) is 11.3 Å². The lowest BCUT2D eigenvalue weighted by Crippen LogP contribution is -2.48. The van der Waals surface area contributed by atoms with Gasteiger partial charge in [0.1, 0.15) is 28.1 Å². The third kappa shape index (κ3) is 7.97. The van der Waals surface area contributed by atoms with Gasteiger partial charge in [0.15, 0.2) is 0 Å². The van der Waals surface area contributed by atoms with Gasteiger partial charge >= 0.3 is 18.4 Å². The minimum absolute atomic E-state index is 0.0541. The number of aromatic hydroxyl groups is 1. The highest BCUT2D eigenvalue weighted by Crippen LogP contribution is 2.37. The number of hydrogen-bond donors (Lipinski definition) is 3. The number of alkyl halides is 3. The molecule has 1 atom stereocenters. The summed E-state index contributed by atoms with van der Waals surface area (Å²) in [5.41, 5.74) is 3.54. The average Bonchev–Trinajstić information content (AvgIpc) is 3.27. The van der Waals surface area contributed by atoms with Gasteiger partial charge in [-0.05, 0) is 77.4 Å². The van der Waals surface area contributed by atoms with Crippen molar-refractivity contribution in [1.82, 2.24) is 15.5 Å². The third-order valence-electron chi connectivity index (χ3n) is 4.95. The van der Waals surface area contributed by atoms with Gasteiger partial charge in [-0.25, -0.2) is 14.5 Å². The second-order valence-corrected chi connectivity index (χ2v) is 11.6. The van der Waals surface area contributed by atoms with E-state index < -0.39 is 41.3 Å². The lowest BCUT2D eigenvalue weighted by molar-refractivity contribution is -0.137. The molecular formula is C26H30F3N5O5S. The number of ether oxygens (including phenoxy) is 2. The molecule has 1 aromatic heterocycles. The number of rotatable bonds is 5. The first-order chi connectivity index (χ1) is 18.3. The average molecular weight is 582 g/mol. The second-order valence-electron chi connectivity index (χ2n) is 10.7. The number of nitrogen functional groups attached to an aromatic ring is 1. The molecule has 0 radical (unpaired) electrons. The minimum Gasteiger partial charge on any atom is -0.506 e. The van der Waals surface area contributed by atoms with E-state index in [0.717, 1.165) is 40.5 Å². The summed E-state index contributed by atoms with van der Waals surface area (Å²) in [7, 11) is 0. The zero-order valence-corrected chi connectivity index (χ0v) is 23.5. The highest BCUT2D eigenvalue weighted by Gasteiger charge is 2.37. The number of phenolic OH excluding ortho intramolecular Hbond substituents is 1. The Morgan fingerprint density at radius 2 is 1.57 bits per heavy atom. The van der Waals surface area contributed by atoms with Gasteiger partial charge < -0.3 is 20.3 Å². The molecule has 0 unspecified atom stereocenters. The number of anilines is 2. The molecule has 3 aromatic rings. The lowest BCUT2D eigenvalue weighted by atomic mass is 10.1. The fraction of sp³-hybridized carbons (Fsp3) is 0.385. The van der Waals surface area contributed by atoms with Crippen LogP contribution in [0, 0.1) is 0 Å². The van der Waals surface area contributed by atoms with Gasteiger partial charge in [0.25, 0.3) is 0 Å². The Bertz CT molecular complexity index is 1360. The van der Waals surface area contributed by atoms with Crippen molar-refractivity contribution in [1.29, 1.82) is 0 Å². The number of carbonyl (C=O) groups excluding carboxylic acids is 2. The van der Waals surface area contributed by atoms with Crippen LogP contribution >= 0.6 is 11.3 Å². The van der Waals surface area contributed by atoms with Crippen molar-refractivity contribution >= 4 is 34.3 Å². The quantitative estimate of drug-likeness (QED) is 0.177. The van der Waals surface area contributed by atoms with Crippen molar-refractivity contribution in [3.63, 3.8) is 0 Å². The zero-order chi connectivity index (χ0) is 30.0. The van der Waals surface area contributed by atoms with Crippen molar-refractivity contribution in [3.05, 3.63) is 53.6 Å². The minimum atomic E-state index is -4.60. The predicted octanol–water partition coefficient (Wildman–Crippen LogP) is 6.48. The normalized spacial score (nSPS) is 12.9. The van der Waals surface area contributed by atoms with Crippen LogP contribution in [0.5, 0.6) is 5.75 Å². The number of carbonyl (C=O) groups is 2. The summed E-state index contributed by atoms with van der Waals surface area (Å²) in [5, 5.41) is 21.0. The molecule has 0 spiro atoms. The number of benzene rings is 2. The standard InChI is InChI=1S/C26H30F3N5O5S/c1-24(2,3)38-22(36)31-19(14-7-10-16(11-8-14)26(27,28)29)34(23(37)39-25(4,5)6)21-33-32-20(40-21)15-9-12-17(30)18(35)13-15/h7-13,19,35H,30H2,1-6H3,(H,31,36)/t19-/m1/s1. The van der Waals surface area contributed by atoms with Crippen molar-refractivity contribution in [2.45, 2.75) is 65.1 Å². The summed E-state index contributed by atoms with van der Waals surface area (Å²) in [6.07, 6.45) is -7.92. The van der Waals surface area contributed by atoms with E-state index in [2.05, 4.69) is 15.5 Å². The number of hydrogen-bond acceptors (Lipinski definition) is 9. The molecule has 0 saturated carbocycles. The molecule has 0 saturated heterocycles. The molecule has 4 N–H and O–H groups in total. The number of aromatic nitrogens is 2. The number of phenols is 1. The zero-order valence-electron chi connectivity index (χ0n) is 22.7. The van der Waals surface area contributed by atoms with E-state index in [1.165, 1.54) is 12.1 Å². The van der Waals surface area contributed by atoms with Crippen molar-refractivity contribution in [2.75, 3.05) is 10.6 Å². The molecule has 0 aliphatic rings. The molecule has 0 aliphatic heterocycles. The highest BCUT2D eigenvalue weighted by molar-refractivity contribution is 7.18. The van der Waals surface area contributed by atoms with Crippen molar-refractivity contribution in [3.8, 4) is 16.3 Å². The molecule has 2 aromatic carbocycles. The van der Waals surface area contributed by atoms with Crippen LogP contribution in [0.1, 0.15) is 58.8 Å². The highest BCUT2D eigenvalue weighted by atomic mass is 32.1. The van der Waals surface area contributed by atoms with Gasteiger partial charge in [0.2, 0.25) is 5.13 Å². The molecular weight excluding hydrogens is 551 g/mol. The number of nitrogens with two attached hydrogens (primary N) is 1. The van der Waals surface area contributed by atoms with E-state index in [1.54, 1.807) is 47.6 Å². The smallest absolute Gasteiger partial charge is 0.418 e. The number of alkyl carbamates (subject to hydrolysis) is 1. The lowest BCUT2D eigenvalue weighted by Gasteiger charge is -2.33. The van der Waals surface area contributed by atoms with Crippen LogP contribution in [0.3, 0.4) is 0 Å².